The quantitative estimate of drug-likeness (QED) is 0.172. The molecule has 49 heavy (non-hydrogen) atoms. The molecule has 0 N–H and O–H groups in total. The minimum Gasteiger partial charge on any atom is -0.0616 e. The molecule has 0 fully saturated rings. The average Bonchev–Trinajstić information content (AvgIpc) is 3.39. The van der Waals surface area contributed by atoms with Gasteiger partial charge in [0.05, 0.1) is 0 Å². The van der Waals surface area contributed by atoms with Gasteiger partial charge in [0.25, 0.3) is 0 Å². The fourth-order valence-corrected chi connectivity index (χ4v) is 8.80. The van der Waals surface area contributed by atoms with E-state index in [1.807, 2.05) is 0 Å². The lowest BCUT2D eigenvalue weighted by atomic mass is 9.80. The Labute approximate surface area is 286 Å². The van der Waals surface area contributed by atoms with Gasteiger partial charge in [0, 0.05) is 5.41 Å². The number of benzene rings is 9. The molecule has 0 radical (unpaired) electrons. The van der Waals surface area contributed by atoms with Gasteiger partial charge in [-0.15, -0.1) is 0 Å². The molecule has 0 nitrogen and oxygen atoms in total. The van der Waals surface area contributed by atoms with Crippen molar-refractivity contribution in [3.63, 3.8) is 0 Å². The minimum atomic E-state index is -0.0474. The van der Waals surface area contributed by atoms with Crippen LogP contribution < -0.4 is 0 Å². The number of rotatable bonds is 3. The van der Waals surface area contributed by atoms with Crippen molar-refractivity contribution in [2.75, 3.05) is 0 Å². The van der Waals surface area contributed by atoms with Crippen molar-refractivity contribution in [1.29, 1.82) is 0 Å². The normalized spacial score (nSPS) is 13.3. The maximum Gasteiger partial charge on any atom is 0.0165 e. The van der Waals surface area contributed by atoms with Crippen LogP contribution in [0, 0.1) is 0 Å². The lowest BCUT2D eigenvalue weighted by Crippen LogP contribution is -2.15. The Morgan fingerprint density at radius 1 is 0.327 bits per heavy atom. The molecule has 0 atom stereocenters. The van der Waals surface area contributed by atoms with Crippen LogP contribution in [0.3, 0.4) is 0 Å². The summed E-state index contributed by atoms with van der Waals surface area (Å²) in [7, 11) is 0. The van der Waals surface area contributed by atoms with E-state index in [9.17, 15) is 0 Å². The van der Waals surface area contributed by atoms with Crippen LogP contribution in [0.15, 0.2) is 170 Å². The summed E-state index contributed by atoms with van der Waals surface area (Å²) in [5.41, 5.74) is 13.1. The Morgan fingerprint density at radius 3 is 1.51 bits per heavy atom. The third kappa shape index (κ3) is 4.11. The topological polar surface area (TPSA) is 0 Å². The van der Waals surface area contributed by atoms with E-state index in [4.69, 9.17) is 0 Å². The van der Waals surface area contributed by atoms with Gasteiger partial charge in [-0.3, -0.25) is 0 Å². The second-order valence-corrected chi connectivity index (χ2v) is 14.0. The van der Waals surface area contributed by atoms with Gasteiger partial charge in [-0.25, -0.2) is 0 Å². The van der Waals surface area contributed by atoms with E-state index in [-0.39, 0.29) is 5.41 Å². The molecule has 0 aliphatic heterocycles. The first-order valence-electron chi connectivity index (χ1n) is 17.3. The molecule has 1 aliphatic carbocycles. The van der Waals surface area contributed by atoms with Gasteiger partial charge in [-0.1, -0.05) is 178 Å². The SMILES string of the molecule is CC1(C)c2ccc(-c3ccc(-c4c5ccccc5c(-c5cccc6ccccc56)c5ccccc45)cc3)cc2-c2ccc3ccccc3c21. The first-order chi connectivity index (χ1) is 24.1. The maximum atomic E-state index is 2.41. The Hall–Kier alpha value is -5.98. The zero-order valence-corrected chi connectivity index (χ0v) is 27.7. The van der Waals surface area contributed by atoms with E-state index in [0.717, 1.165) is 0 Å². The molecule has 0 aromatic heterocycles. The van der Waals surface area contributed by atoms with Crippen molar-refractivity contribution in [1.82, 2.24) is 0 Å². The molecule has 1 aliphatic rings. The van der Waals surface area contributed by atoms with Crippen LogP contribution in [-0.4, -0.2) is 0 Å². The molecular weight excluding hydrogens is 589 g/mol. The van der Waals surface area contributed by atoms with E-state index in [2.05, 4.69) is 184 Å². The lowest BCUT2D eigenvalue weighted by molar-refractivity contribution is 0.666. The summed E-state index contributed by atoms with van der Waals surface area (Å²) in [5, 5.41) is 10.3. The van der Waals surface area contributed by atoms with Crippen LogP contribution in [0.4, 0.5) is 0 Å². The smallest absolute Gasteiger partial charge is 0.0165 e. The zero-order chi connectivity index (χ0) is 32.7. The van der Waals surface area contributed by atoms with Crippen molar-refractivity contribution < 1.29 is 0 Å². The van der Waals surface area contributed by atoms with Crippen molar-refractivity contribution in [2.24, 2.45) is 0 Å². The van der Waals surface area contributed by atoms with Gasteiger partial charge in [0.1, 0.15) is 0 Å². The molecule has 9 aromatic carbocycles. The first kappa shape index (κ1) is 28.1. The van der Waals surface area contributed by atoms with Crippen molar-refractivity contribution >= 4 is 43.1 Å². The van der Waals surface area contributed by atoms with Gasteiger partial charge in [-0.05, 0) is 105 Å². The summed E-state index contributed by atoms with van der Waals surface area (Å²) in [5.74, 6) is 0. The van der Waals surface area contributed by atoms with Gasteiger partial charge < -0.3 is 0 Å². The molecule has 0 bridgehead atoms. The Bertz CT molecular complexity index is 2720. The van der Waals surface area contributed by atoms with Crippen molar-refractivity contribution in [3.8, 4) is 44.5 Å². The first-order valence-corrected chi connectivity index (χ1v) is 17.3. The second kappa shape index (κ2) is 10.5. The summed E-state index contributed by atoms with van der Waals surface area (Å²) in [4.78, 5) is 0. The maximum absolute atomic E-state index is 2.41. The van der Waals surface area contributed by atoms with Crippen LogP contribution in [0.2, 0.25) is 0 Å². The highest BCUT2D eigenvalue weighted by atomic mass is 14.4. The van der Waals surface area contributed by atoms with Crippen molar-refractivity contribution in [3.05, 3.63) is 181 Å². The molecule has 0 heteroatoms. The second-order valence-electron chi connectivity index (χ2n) is 14.0. The lowest BCUT2D eigenvalue weighted by Gasteiger charge is -2.23. The standard InChI is InChI=1S/C49H34/c1-49(2)45-29-27-35(30-44(45)43-28-26-33-13-4-6-16-37(33)48(43)49)31-22-24-34(25-23-31)46-39-17-7-9-19-41(39)47(42-20-10-8-18-40(42)46)38-21-11-14-32-12-3-5-15-36(32)38/h3-30H,1-2H3. The van der Waals surface area contributed by atoms with Gasteiger partial charge in [-0.2, -0.15) is 0 Å². The third-order valence-corrected chi connectivity index (χ3v) is 11.0. The monoisotopic (exact) mass is 622 g/mol. The summed E-state index contributed by atoms with van der Waals surface area (Å²) in [6, 6.07) is 63.1. The highest BCUT2D eigenvalue weighted by molar-refractivity contribution is 6.23. The highest BCUT2D eigenvalue weighted by Gasteiger charge is 2.36. The van der Waals surface area contributed by atoms with Crippen LogP contribution in [0.1, 0.15) is 25.0 Å². The van der Waals surface area contributed by atoms with Gasteiger partial charge in [0.15, 0.2) is 0 Å². The molecule has 9 aromatic rings. The predicted molar refractivity (Wildman–Crippen MR) is 210 cm³/mol. The Balaban J connectivity index is 1.13. The number of hydrogen-bond donors (Lipinski definition) is 0. The van der Waals surface area contributed by atoms with E-state index in [0.29, 0.717) is 0 Å². The van der Waals surface area contributed by atoms with Crippen molar-refractivity contribution in [2.45, 2.75) is 19.3 Å². The summed E-state index contributed by atoms with van der Waals surface area (Å²) >= 11 is 0. The molecule has 230 valence electrons. The zero-order valence-electron chi connectivity index (χ0n) is 27.7. The molecular formula is C49H34. The van der Waals surface area contributed by atoms with Crippen LogP contribution in [0.25, 0.3) is 87.6 Å². The highest BCUT2D eigenvalue weighted by Crippen LogP contribution is 2.52. The molecule has 0 saturated heterocycles. The number of fused-ring (bicyclic) bond motifs is 8. The van der Waals surface area contributed by atoms with Gasteiger partial charge >= 0.3 is 0 Å². The predicted octanol–water partition coefficient (Wildman–Crippen LogP) is 13.6. The van der Waals surface area contributed by atoms with Crippen LogP contribution in [0.5, 0.6) is 0 Å². The largest absolute Gasteiger partial charge is 0.0616 e. The molecule has 0 saturated carbocycles. The molecule has 0 amide bonds. The Morgan fingerprint density at radius 2 is 0.837 bits per heavy atom. The van der Waals surface area contributed by atoms with E-state index >= 15 is 0 Å². The minimum absolute atomic E-state index is 0.0474. The number of hydrogen-bond acceptors (Lipinski definition) is 0. The molecule has 10 rings (SSSR count). The van der Waals surface area contributed by atoms with Crippen LogP contribution >= 0.6 is 0 Å². The van der Waals surface area contributed by atoms with E-state index in [1.165, 1.54) is 98.7 Å². The van der Waals surface area contributed by atoms with Crippen LogP contribution in [-0.2, 0) is 5.41 Å². The average molecular weight is 623 g/mol. The van der Waals surface area contributed by atoms with E-state index < -0.39 is 0 Å². The summed E-state index contributed by atoms with van der Waals surface area (Å²) < 4.78 is 0. The summed E-state index contributed by atoms with van der Waals surface area (Å²) in [6.07, 6.45) is 0. The molecule has 0 spiro atoms. The third-order valence-electron chi connectivity index (χ3n) is 11.0. The van der Waals surface area contributed by atoms with E-state index in [1.54, 1.807) is 0 Å². The molecule has 0 unspecified atom stereocenters. The van der Waals surface area contributed by atoms with Gasteiger partial charge in [0.2, 0.25) is 0 Å². The Kier molecular flexibility index (Phi) is 6.02. The molecule has 0 heterocycles. The fraction of sp³-hybridized carbons (Fsp3) is 0.0612. The summed E-state index contributed by atoms with van der Waals surface area (Å²) in [6.45, 7) is 4.75. The fourth-order valence-electron chi connectivity index (χ4n) is 8.80.